The molecule has 1 aliphatic heterocycles. The third-order valence-corrected chi connectivity index (χ3v) is 4.75. The fourth-order valence-electron chi connectivity index (χ4n) is 3.02. The second-order valence-electron chi connectivity index (χ2n) is 6.82. The lowest BCUT2D eigenvalue weighted by Crippen LogP contribution is -2.49. The Morgan fingerprint density at radius 3 is 1.03 bits per heavy atom. The SMILES string of the molecule is O=C(O)CN1CCN(CC(=O)O)CCN(CC(=O)NS)CCN(CC(=O)O)CC1. The van der Waals surface area contributed by atoms with E-state index in [0.717, 1.165) is 0 Å². The first-order chi connectivity index (χ1) is 13.7. The topological polar surface area (TPSA) is 154 Å². The van der Waals surface area contributed by atoms with Gasteiger partial charge in [-0.2, -0.15) is 0 Å². The summed E-state index contributed by atoms with van der Waals surface area (Å²) in [6, 6.07) is 0. The van der Waals surface area contributed by atoms with E-state index in [2.05, 4.69) is 17.5 Å². The Balaban J connectivity index is 2.92. The maximum atomic E-state index is 11.7. The lowest BCUT2D eigenvalue weighted by atomic mass is 10.3. The zero-order chi connectivity index (χ0) is 21.8. The van der Waals surface area contributed by atoms with Crippen molar-refractivity contribution in [1.29, 1.82) is 0 Å². The summed E-state index contributed by atoms with van der Waals surface area (Å²) in [6.45, 7) is 2.32. The van der Waals surface area contributed by atoms with Gasteiger partial charge in [0.2, 0.25) is 5.91 Å². The summed E-state index contributed by atoms with van der Waals surface area (Å²) in [5.74, 6) is -3.30. The molecule has 29 heavy (non-hydrogen) atoms. The zero-order valence-electron chi connectivity index (χ0n) is 16.2. The Morgan fingerprint density at radius 1 is 0.586 bits per heavy atom. The van der Waals surface area contributed by atoms with E-state index < -0.39 is 17.9 Å². The molecular formula is C16H29N5O7S. The van der Waals surface area contributed by atoms with Gasteiger partial charge in [-0.25, -0.2) is 0 Å². The monoisotopic (exact) mass is 435 g/mol. The van der Waals surface area contributed by atoms with E-state index in [1.54, 1.807) is 14.7 Å². The number of nitrogens with one attached hydrogen (secondary N) is 1. The fraction of sp³-hybridized carbons (Fsp3) is 0.750. The first-order valence-electron chi connectivity index (χ1n) is 9.17. The van der Waals surface area contributed by atoms with Crippen molar-refractivity contribution < 1.29 is 34.5 Å². The van der Waals surface area contributed by atoms with Crippen molar-refractivity contribution in [3.05, 3.63) is 0 Å². The molecule has 0 bridgehead atoms. The minimum atomic E-state index is -1.00. The van der Waals surface area contributed by atoms with Gasteiger partial charge in [0.05, 0.1) is 26.2 Å². The third-order valence-electron chi connectivity index (χ3n) is 4.50. The first kappa shape index (κ1) is 25.1. The van der Waals surface area contributed by atoms with Gasteiger partial charge in [-0.05, 0) is 0 Å². The molecule has 0 aromatic rings. The second-order valence-corrected chi connectivity index (χ2v) is 7.04. The maximum absolute atomic E-state index is 11.7. The quantitative estimate of drug-likeness (QED) is 0.255. The molecule has 166 valence electrons. The number of carboxylic acid groups (broad SMARTS) is 3. The molecule has 1 fully saturated rings. The Hall–Kier alpha value is -1.93. The van der Waals surface area contributed by atoms with E-state index in [-0.39, 0.29) is 32.1 Å². The van der Waals surface area contributed by atoms with E-state index in [1.165, 1.54) is 0 Å². The van der Waals surface area contributed by atoms with Crippen molar-refractivity contribution in [3.8, 4) is 0 Å². The number of carbonyl (C=O) groups excluding carboxylic acids is 1. The van der Waals surface area contributed by atoms with Crippen LogP contribution in [0, 0.1) is 0 Å². The van der Waals surface area contributed by atoms with Gasteiger partial charge in [-0.15, -0.1) is 0 Å². The first-order valence-corrected chi connectivity index (χ1v) is 9.62. The molecule has 0 aromatic carbocycles. The van der Waals surface area contributed by atoms with Crippen molar-refractivity contribution in [2.45, 2.75) is 0 Å². The van der Waals surface area contributed by atoms with E-state index >= 15 is 0 Å². The van der Waals surface area contributed by atoms with Crippen molar-refractivity contribution in [1.82, 2.24) is 24.3 Å². The van der Waals surface area contributed by atoms with Crippen LogP contribution in [0.1, 0.15) is 0 Å². The third kappa shape index (κ3) is 11.6. The number of carbonyl (C=O) groups is 4. The van der Waals surface area contributed by atoms with Crippen LogP contribution in [0.2, 0.25) is 0 Å². The zero-order valence-corrected chi connectivity index (χ0v) is 17.1. The van der Waals surface area contributed by atoms with Crippen LogP contribution < -0.4 is 4.72 Å². The summed E-state index contributed by atoms with van der Waals surface area (Å²) < 4.78 is 2.25. The van der Waals surface area contributed by atoms with Gasteiger partial charge in [-0.3, -0.25) is 38.8 Å². The molecule has 1 rings (SSSR count). The molecule has 0 unspecified atom stereocenters. The summed E-state index contributed by atoms with van der Waals surface area (Å²) in [6.07, 6.45) is 0. The van der Waals surface area contributed by atoms with Crippen molar-refractivity contribution in [2.75, 3.05) is 78.5 Å². The maximum Gasteiger partial charge on any atom is 0.317 e. The summed E-state index contributed by atoms with van der Waals surface area (Å²) >= 11 is 3.74. The fourth-order valence-corrected chi connectivity index (χ4v) is 3.09. The molecule has 12 nitrogen and oxygen atoms in total. The normalized spacial score (nSPS) is 19.1. The van der Waals surface area contributed by atoms with Gasteiger partial charge in [0.25, 0.3) is 0 Å². The lowest BCUT2D eigenvalue weighted by molar-refractivity contribution is -0.140. The van der Waals surface area contributed by atoms with Crippen LogP contribution in [-0.4, -0.2) is 137 Å². The standard InChI is InChI=1S/C16H29N5O7S/c22-13(17-29)9-18-1-3-19(10-14(23)24)5-7-21(12-16(27)28)8-6-20(4-2-18)11-15(25)26/h29H,1-12H2,(H,17,22)(H,23,24)(H,25,26)(H,27,28). The molecule has 0 saturated carbocycles. The highest BCUT2D eigenvalue weighted by Crippen LogP contribution is 2.01. The number of amides is 1. The van der Waals surface area contributed by atoms with Gasteiger partial charge in [0.1, 0.15) is 0 Å². The number of thiol groups is 1. The van der Waals surface area contributed by atoms with Crippen LogP contribution in [0.5, 0.6) is 0 Å². The molecule has 0 aromatic heterocycles. The van der Waals surface area contributed by atoms with Gasteiger partial charge < -0.3 is 20.0 Å². The van der Waals surface area contributed by atoms with E-state index in [9.17, 15) is 19.2 Å². The molecule has 1 aliphatic rings. The van der Waals surface area contributed by atoms with Crippen molar-refractivity contribution >= 4 is 36.6 Å². The van der Waals surface area contributed by atoms with Crippen LogP contribution in [-0.2, 0) is 19.2 Å². The van der Waals surface area contributed by atoms with Crippen molar-refractivity contribution in [2.24, 2.45) is 0 Å². The summed E-state index contributed by atoms with van der Waals surface area (Å²) in [5, 5.41) is 27.4. The van der Waals surface area contributed by atoms with E-state index in [0.29, 0.717) is 52.4 Å². The Morgan fingerprint density at radius 2 is 0.828 bits per heavy atom. The minimum absolute atomic E-state index is 0.0520. The minimum Gasteiger partial charge on any atom is -0.480 e. The smallest absolute Gasteiger partial charge is 0.317 e. The highest BCUT2D eigenvalue weighted by Gasteiger charge is 2.20. The molecule has 1 amide bonds. The summed E-state index contributed by atoms with van der Waals surface area (Å²) in [5.41, 5.74) is 0. The van der Waals surface area contributed by atoms with Crippen LogP contribution >= 0.6 is 12.8 Å². The molecule has 4 N–H and O–H groups in total. The number of nitrogens with zero attached hydrogens (tertiary/aromatic N) is 4. The van der Waals surface area contributed by atoms with E-state index in [4.69, 9.17) is 15.3 Å². The van der Waals surface area contributed by atoms with Crippen LogP contribution in [0.15, 0.2) is 0 Å². The Kier molecular flexibility index (Phi) is 11.5. The van der Waals surface area contributed by atoms with Crippen LogP contribution in [0.25, 0.3) is 0 Å². The van der Waals surface area contributed by atoms with Gasteiger partial charge in [-0.1, -0.05) is 12.8 Å². The number of carboxylic acids is 3. The molecule has 0 aliphatic carbocycles. The van der Waals surface area contributed by atoms with Crippen molar-refractivity contribution in [3.63, 3.8) is 0 Å². The largest absolute Gasteiger partial charge is 0.480 e. The van der Waals surface area contributed by atoms with Crippen LogP contribution in [0.3, 0.4) is 0 Å². The summed E-state index contributed by atoms with van der Waals surface area (Å²) in [7, 11) is 0. The van der Waals surface area contributed by atoms with Gasteiger partial charge >= 0.3 is 17.9 Å². The molecule has 1 heterocycles. The van der Waals surface area contributed by atoms with E-state index in [1.807, 2.05) is 4.90 Å². The molecule has 0 radical (unpaired) electrons. The predicted molar refractivity (Wildman–Crippen MR) is 106 cm³/mol. The number of hydrogen-bond donors (Lipinski definition) is 5. The molecule has 0 atom stereocenters. The predicted octanol–water partition coefficient (Wildman–Crippen LogP) is -2.58. The average Bonchev–Trinajstić information content (AvgIpc) is 2.62. The molecule has 13 heteroatoms. The molecule has 1 saturated heterocycles. The Bertz CT molecular complexity index is 548. The number of rotatable bonds is 8. The number of hydrogen-bond acceptors (Lipinski definition) is 9. The molecular weight excluding hydrogens is 406 g/mol. The Labute approximate surface area is 174 Å². The second kappa shape index (κ2) is 13.3. The molecule has 0 spiro atoms. The van der Waals surface area contributed by atoms with Gasteiger partial charge in [0, 0.05) is 52.4 Å². The highest BCUT2D eigenvalue weighted by molar-refractivity contribution is 7.78. The lowest BCUT2D eigenvalue weighted by Gasteiger charge is -2.32. The summed E-state index contributed by atoms with van der Waals surface area (Å²) in [4.78, 5) is 52.0. The van der Waals surface area contributed by atoms with Gasteiger partial charge in [0.15, 0.2) is 0 Å². The van der Waals surface area contributed by atoms with Crippen LogP contribution in [0.4, 0.5) is 0 Å². The highest BCUT2D eigenvalue weighted by atomic mass is 32.1. The number of aliphatic carboxylic acids is 3. The average molecular weight is 436 g/mol.